The van der Waals surface area contributed by atoms with E-state index in [1.165, 1.54) is 11.3 Å². The smallest absolute Gasteiger partial charge is 0.262 e. The van der Waals surface area contributed by atoms with E-state index >= 15 is 0 Å². The third kappa shape index (κ3) is 3.52. The van der Waals surface area contributed by atoms with Crippen LogP contribution in [-0.2, 0) is 15.9 Å². The predicted octanol–water partition coefficient (Wildman–Crippen LogP) is 2.05. The fourth-order valence-electron chi connectivity index (χ4n) is 1.66. The maximum atomic E-state index is 12.0. The minimum atomic E-state index is -0.427. The van der Waals surface area contributed by atoms with Gasteiger partial charge in [0.1, 0.15) is 0 Å². The van der Waals surface area contributed by atoms with Gasteiger partial charge in [-0.25, -0.2) is 0 Å². The predicted molar refractivity (Wildman–Crippen MR) is 68.4 cm³/mol. The highest BCUT2D eigenvalue weighted by Gasteiger charge is 2.20. The summed E-state index contributed by atoms with van der Waals surface area (Å²) in [5.41, 5.74) is 1.08. The highest BCUT2D eigenvalue weighted by Crippen LogP contribution is 2.17. The molecular formula is C12H19NO3S. The standard InChI is InChI=1S/C12H19NO3S/c1-5-9-6-7-17-10(9)11(14)13-8(2)12(15-3)16-4/h6-8,12H,5H2,1-4H3,(H,13,14). The van der Waals surface area contributed by atoms with Crippen molar-refractivity contribution in [3.05, 3.63) is 21.9 Å². The van der Waals surface area contributed by atoms with Gasteiger partial charge in [-0.1, -0.05) is 6.92 Å². The number of carbonyl (C=O) groups excluding carboxylic acids is 1. The number of aryl methyl sites for hydroxylation is 1. The summed E-state index contributed by atoms with van der Waals surface area (Å²) in [6.45, 7) is 3.89. The molecule has 96 valence electrons. The molecule has 0 saturated heterocycles. The Labute approximate surface area is 106 Å². The normalized spacial score (nSPS) is 12.8. The van der Waals surface area contributed by atoms with Crippen LogP contribution < -0.4 is 5.32 Å². The zero-order chi connectivity index (χ0) is 12.8. The molecule has 1 amide bonds. The molecular weight excluding hydrogens is 238 g/mol. The molecule has 0 fully saturated rings. The fourth-order valence-corrected chi connectivity index (χ4v) is 2.56. The zero-order valence-electron chi connectivity index (χ0n) is 10.6. The molecule has 1 atom stereocenters. The number of rotatable bonds is 6. The molecule has 1 rings (SSSR count). The summed E-state index contributed by atoms with van der Waals surface area (Å²) in [5, 5.41) is 4.81. The SMILES string of the molecule is CCc1ccsc1C(=O)NC(C)C(OC)OC. The monoisotopic (exact) mass is 257 g/mol. The molecule has 0 aliphatic rings. The second-order valence-electron chi connectivity index (χ2n) is 3.73. The molecule has 1 aromatic rings. The van der Waals surface area contributed by atoms with E-state index in [1.54, 1.807) is 14.2 Å². The summed E-state index contributed by atoms with van der Waals surface area (Å²) in [4.78, 5) is 12.8. The van der Waals surface area contributed by atoms with Gasteiger partial charge in [0.15, 0.2) is 6.29 Å². The Bertz CT molecular complexity index is 360. The van der Waals surface area contributed by atoms with Crippen molar-refractivity contribution in [1.82, 2.24) is 5.32 Å². The molecule has 1 heterocycles. The van der Waals surface area contributed by atoms with Gasteiger partial charge in [-0.05, 0) is 30.4 Å². The van der Waals surface area contributed by atoms with Gasteiger partial charge in [0, 0.05) is 14.2 Å². The molecule has 0 aliphatic heterocycles. The van der Waals surface area contributed by atoms with Gasteiger partial charge < -0.3 is 14.8 Å². The van der Waals surface area contributed by atoms with Gasteiger partial charge >= 0.3 is 0 Å². The number of carbonyl (C=O) groups is 1. The first-order valence-electron chi connectivity index (χ1n) is 5.56. The first kappa shape index (κ1) is 14.2. The van der Waals surface area contributed by atoms with Crippen LogP contribution in [-0.4, -0.2) is 32.5 Å². The van der Waals surface area contributed by atoms with Crippen molar-refractivity contribution >= 4 is 17.2 Å². The average molecular weight is 257 g/mol. The van der Waals surface area contributed by atoms with Gasteiger partial charge in [-0.3, -0.25) is 4.79 Å². The van der Waals surface area contributed by atoms with Crippen LogP contribution in [0.3, 0.4) is 0 Å². The van der Waals surface area contributed by atoms with Gasteiger partial charge in [0.2, 0.25) is 0 Å². The van der Waals surface area contributed by atoms with Crippen LogP contribution in [0.1, 0.15) is 29.1 Å². The number of thiophene rings is 1. The van der Waals surface area contributed by atoms with Crippen molar-refractivity contribution < 1.29 is 14.3 Å². The summed E-state index contributed by atoms with van der Waals surface area (Å²) in [6, 6.07) is 1.79. The van der Waals surface area contributed by atoms with Crippen molar-refractivity contribution in [2.45, 2.75) is 32.6 Å². The fraction of sp³-hybridized carbons (Fsp3) is 0.583. The first-order chi connectivity index (χ1) is 8.13. The summed E-state index contributed by atoms with van der Waals surface area (Å²) in [7, 11) is 3.11. The molecule has 1 unspecified atom stereocenters. The molecule has 0 aliphatic carbocycles. The molecule has 0 radical (unpaired) electrons. The zero-order valence-corrected chi connectivity index (χ0v) is 11.5. The Morgan fingerprint density at radius 3 is 2.65 bits per heavy atom. The largest absolute Gasteiger partial charge is 0.354 e. The number of hydrogen-bond acceptors (Lipinski definition) is 4. The quantitative estimate of drug-likeness (QED) is 0.793. The lowest BCUT2D eigenvalue weighted by Crippen LogP contribution is -2.42. The molecule has 4 nitrogen and oxygen atoms in total. The van der Waals surface area contributed by atoms with Crippen LogP contribution in [0, 0.1) is 0 Å². The highest BCUT2D eigenvalue weighted by molar-refractivity contribution is 7.12. The topological polar surface area (TPSA) is 47.6 Å². The van der Waals surface area contributed by atoms with E-state index in [9.17, 15) is 4.79 Å². The molecule has 0 bridgehead atoms. The van der Waals surface area contributed by atoms with Crippen molar-refractivity contribution in [1.29, 1.82) is 0 Å². The van der Waals surface area contributed by atoms with E-state index < -0.39 is 6.29 Å². The van der Waals surface area contributed by atoms with E-state index in [-0.39, 0.29) is 11.9 Å². The lowest BCUT2D eigenvalue weighted by molar-refractivity contribution is -0.117. The number of hydrogen-bond donors (Lipinski definition) is 1. The van der Waals surface area contributed by atoms with Crippen molar-refractivity contribution in [3.63, 3.8) is 0 Å². The first-order valence-corrected chi connectivity index (χ1v) is 6.44. The maximum Gasteiger partial charge on any atom is 0.262 e. The Morgan fingerprint density at radius 1 is 1.47 bits per heavy atom. The molecule has 1 aromatic heterocycles. The number of amides is 1. The van der Waals surface area contributed by atoms with Crippen LogP contribution >= 0.6 is 11.3 Å². The van der Waals surface area contributed by atoms with E-state index in [1.807, 2.05) is 25.3 Å². The van der Waals surface area contributed by atoms with E-state index in [0.717, 1.165) is 16.9 Å². The lowest BCUT2D eigenvalue weighted by Gasteiger charge is -2.22. The third-order valence-corrected chi connectivity index (χ3v) is 3.52. The summed E-state index contributed by atoms with van der Waals surface area (Å²) in [5.74, 6) is -0.0662. The molecule has 5 heteroatoms. The number of methoxy groups -OCH3 is 2. The minimum absolute atomic E-state index is 0.0662. The highest BCUT2D eigenvalue weighted by atomic mass is 32.1. The summed E-state index contributed by atoms with van der Waals surface area (Å²) in [6.07, 6.45) is 0.433. The van der Waals surface area contributed by atoms with Crippen molar-refractivity contribution in [3.8, 4) is 0 Å². The summed E-state index contributed by atoms with van der Waals surface area (Å²) < 4.78 is 10.2. The number of nitrogens with one attached hydrogen (secondary N) is 1. The maximum absolute atomic E-state index is 12.0. The van der Waals surface area contributed by atoms with Crippen molar-refractivity contribution in [2.75, 3.05) is 14.2 Å². The van der Waals surface area contributed by atoms with Gasteiger partial charge in [-0.2, -0.15) is 0 Å². The third-order valence-electron chi connectivity index (χ3n) is 2.57. The molecule has 0 spiro atoms. The Kier molecular flexibility index (Phi) is 5.61. The molecule has 0 saturated carbocycles. The second kappa shape index (κ2) is 6.74. The van der Waals surface area contributed by atoms with Crippen LogP contribution in [0.15, 0.2) is 11.4 Å². The Hall–Kier alpha value is -0.910. The minimum Gasteiger partial charge on any atom is -0.354 e. The average Bonchev–Trinajstić information content (AvgIpc) is 2.78. The van der Waals surface area contributed by atoms with Gasteiger partial charge in [0.05, 0.1) is 10.9 Å². The second-order valence-corrected chi connectivity index (χ2v) is 4.65. The van der Waals surface area contributed by atoms with Crippen LogP contribution in [0.25, 0.3) is 0 Å². The Morgan fingerprint density at radius 2 is 2.12 bits per heavy atom. The summed E-state index contributed by atoms with van der Waals surface area (Å²) >= 11 is 1.46. The van der Waals surface area contributed by atoms with Crippen molar-refractivity contribution in [2.24, 2.45) is 0 Å². The van der Waals surface area contributed by atoms with Gasteiger partial charge in [0.25, 0.3) is 5.91 Å². The van der Waals surface area contributed by atoms with Crippen LogP contribution in [0.5, 0.6) is 0 Å². The van der Waals surface area contributed by atoms with E-state index in [2.05, 4.69) is 5.32 Å². The van der Waals surface area contributed by atoms with E-state index in [4.69, 9.17) is 9.47 Å². The Balaban J connectivity index is 2.66. The lowest BCUT2D eigenvalue weighted by atomic mass is 10.2. The molecule has 0 aromatic carbocycles. The molecule has 17 heavy (non-hydrogen) atoms. The van der Waals surface area contributed by atoms with Gasteiger partial charge in [-0.15, -0.1) is 11.3 Å². The number of ether oxygens (including phenoxy) is 2. The van der Waals surface area contributed by atoms with Crippen LogP contribution in [0.4, 0.5) is 0 Å². The van der Waals surface area contributed by atoms with Crippen LogP contribution in [0.2, 0.25) is 0 Å². The molecule has 1 N–H and O–H groups in total. The van der Waals surface area contributed by atoms with E-state index in [0.29, 0.717) is 0 Å².